The quantitative estimate of drug-likeness (QED) is 0.844. The van der Waals surface area contributed by atoms with Crippen LogP contribution in [0.3, 0.4) is 0 Å². The van der Waals surface area contributed by atoms with E-state index in [2.05, 4.69) is 5.32 Å². The van der Waals surface area contributed by atoms with Gasteiger partial charge in [0.15, 0.2) is 0 Å². The van der Waals surface area contributed by atoms with E-state index in [1.165, 1.54) is 0 Å². The molecule has 2 amide bonds. The van der Waals surface area contributed by atoms with Gasteiger partial charge in [0.2, 0.25) is 5.91 Å². The van der Waals surface area contributed by atoms with Crippen molar-refractivity contribution in [3.05, 3.63) is 29.3 Å². The second-order valence-electron chi connectivity index (χ2n) is 6.15. The van der Waals surface area contributed by atoms with E-state index >= 15 is 0 Å². The highest BCUT2D eigenvalue weighted by Gasteiger charge is 2.22. The number of carbonyl (C=O) groups is 2. The second-order valence-corrected chi connectivity index (χ2v) is 6.15. The van der Waals surface area contributed by atoms with E-state index in [0.29, 0.717) is 18.4 Å². The number of nitrogens with one attached hydrogen (secondary N) is 1. The molecule has 0 saturated heterocycles. The van der Waals surface area contributed by atoms with Crippen LogP contribution in [0.5, 0.6) is 0 Å². The summed E-state index contributed by atoms with van der Waals surface area (Å²) in [6, 6.07) is 5.39. The van der Waals surface area contributed by atoms with Gasteiger partial charge in [-0.05, 0) is 36.1 Å². The lowest BCUT2D eigenvalue weighted by molar-refractivity contribution is -0.118. The molecule has 1 heterocycles. The SMILES string of the molecule is CCC(CC)C(O)CNC(=O)c1ccc2c(c1)CCC(=O)N2C. The Kier molecular flexibility index (Phi) is 5.77. The Morgan fingerprint density at radius 3 is 2.65 bits per heavy atom. The molecule has 0 bridgehead atoms. The predicted octanol–water partition coefficient (Wildman–Crippen LogP) is 2.12. The molecule has 0 fully saturated rings. The lowest BCUT2D eigenvalue weighted by Crippen LogP contribution is -2.36. The monoisotopic (exact) mass is 318 g/mol. The average Bonchev–Trinajstić information content (AvgIpc) is 2.56. The topological polar surface area (TPSA) is 69.6 Å². The van der Waals surface area contributed by atoms with Crippen molar-refractivity contribution >= 4 is 17.5 Å². The number of aliphatic hydroxyl groups excluding tert-OH is 1. The van der Waals surface area contributed by atoms with Gasteiger partial charge in [-0.2, -0.15) is 0 Å². The summed E-state index contributed by atoms with van der Waals surface area (Å²) < 4.78 is 0. The van der Waals surface area contributed by atoms with Crippen LogP contribution < -0.4 is 10.2 Å². The highest BCUT2D eigenvalue weighted by atomic mass is 16.3. The second kappa shape index (κ2) is 7.59. The third-order valence-corrected chi connectivity index (χ3v) is 4.75. The highest BCUT2D eigenvalue weighted by molar-refractivity contribution is 5.98. The summed E-state index contributed by atoms with van der Waals surface area (Å²) in [5, 5.41) is 12.9. The number of benzene rings is 1. The van der Waals surface area contributed by atoms with Crippen molar-refractivity contribution in [2.75, 3.05) is 18.5 Å². The van der Waals surface area contributed by atoms with Crippen molar-refractivity contribution < 1.29 is 14.7 Å². The Morgan fingerprint density at radius 1 is 1.30 bits per heavy atom. The smallest absolute Gasteiger partial charge is 0.251 e. The Balaban J connectivity index is 2.02. The van der Waals surface area contributed by atoms with E-state index in [0.717, 1.165) is 24.1 Å². The fourth-order valence-corrected chi connectivity index (χ4v) is 3.10. The van der Waals surface area contributed by atoms with Crippen LogP contribution in [0, 0.1) is 5.92 Å². The molecule has 1 atom stereocenters. The number of aryl methyl sites for hydroxylation is 1. The van der Waals surface area contributed by atoms with Gasteiger partial charge in [0.1, 0.15) is 0 Å². The van der Waals surface area contributed by atoms with Crippen molar-refractivity contribution in [3.63, 3.8) is 0 Å². The summed E-state index contributed by atoms with van der Waals surface area (Å²) in [7, 11) is 1.76. The zero-order chi connectivity index (χ0) is 17.0. The Morgan fingerprint density at radius 2 is 2.00 bits per heavy atom. The number of aliphatic hydroxyl groups is 1. The summed E-state index contributed by atoms with van der Waals surface area (Å²) >= 11 is 0. The van der Waals surface area contributed by atoms with Crippen LogP contribution >= 0.6 is 0 Å². The molecule has 0 spiro atoms. The largest absolute Gasteiger partial charge is 0.391 e. The molecule has 1 aliphatic heterocycles. The summed E-state index contributed by atoms with van der Waals surface area (Å²) in [6.07, 6.45) is 2.41. The van der Waals surface area contributed by atoms with Crippen LogP contribution in [-0.4, -0.2) is 36.6 Å². The molecular formula is C18H26N2O3. The number of hydrogen-bond donors (Lipinski definition) is 2. The Labute approximate surface area is 137 Å². The van der Waals surface area contributed by atoms with Gasteiger partial charge in [0.25, 0.3) is 5.91 Å². The fraction of sp³-hybridized carbons (Fsp3) is 0.556. The van der Waals surface area contributed by atoms with E-state index in [1.54, 1.807) is 18.0 Å². The van der Waals surface area contributed by atoms with Gasteiger partial charge < -0.3 is 15.3 Å². The zero-order valence-corrected chi connectivity index (χ0v) is 14.1. The molecule has 23 heavy (non-hydrogen) atoms. The van der Waals surface area contributed by atoms with Gasteiger partial charge in [-0.3, -0.25) is 9.59 Å². The van der Waals surface area contributed by atoms with Gasteiger partial charge in [0.05, 0.1) is 6.10 Å². The number of carbonyl (C=O) groups excluding carboxylic acids is 2. The van der Waals surface area contributed by atoms with E-state index in [4.69, 9.17) is 0 Å². The zero-order valence-electron chi connectivity index (χ0n) is 14.1. The molecule has 0 saturated carbocycles. The van der Waals surface area contributed by atoms with Gasteiger partial charge >= 0.3 is 0 Å². The lowest BCUT2D eigenvalue weighted by Gasteiger charge is -2.26. The summed E-state index contributed by atoms with van der Waals surface area (Å²) in [5.74, 6) is 0.124. The maximum Gasteiger partial charge on any atom is 0.251 e. The van der Waals surface area contributed by atoms with E-state index < -0.39 is 6.10 Å². The summed E-state index contributed by atoms with van der Waals surface area (Å²) in [5.41, 5.74) is 2.46. The summed E-state index contributed by atoms with van der Waals surface area (Å²) in [4.78, 5) is 25.6. The fourth-order valence-electron chi connectivity index (χ4n) is 3.10. The molecule has 126 valence electrons. The molecule has 5 nitrogen and oxygen atoms in total. The van der Waals surface area contributed by atoms with Crippen LogP contribution in [0.15, 0.2) is 18.2 Å². The highest BCUT2D eigenvalue weighted by Crippen LogP contribution is 2.27. The normalized spacial score (nSPS) is 15.5. The minimum Gasteiger partial charge on any atom is -0.391 e. The average molecular weight is 318 g/mol. The number of hydrogen-bond acceptors (Lipinski definition) is 3. The van der Waals surface area contributed by atoms with Crippen LogP contribution in [0.25, 0.3) is 0 Å². The van der Waals surface area contributed by atoms with Crippen molar-refractivity contribution in [2.45, 2.75) is 45.6 Å². The van der Waals surface area contributed by atoms with Gasteiger partial charge in [-0.15, -0.1) is 0 Å². The number of nitrogens with zero attached hydrogens (tertiary/aromatic N) is 1. The van der Waals surface area contributed by atoms with Crippen LogP contribution in [0.4, 0.5) is 5.69 Å². The van der Waals surface area contributed by atoms with Crippen molar-refractivity contribution in [2.24, 2.45) is 5.92 Å². The predicted molar refractivity (Wildman–Crippen MR) is 90.6 cm³/mol. The number of fused-ring (bicyclic) bond motifs is 1. The first-order valence-electron chi connectivity index (χ1n) is 8.33. The van der Waals surface area contributed by atoms with Crippen LogP contribution in [-0.2, 0) is 11.2 Å². The van der Waals surface area contributed by atoms with Crippen molar-refractivity contribution in [1.82, 2.24) is 5.32 Å². The number of amides is 2. The molecule has 0 radical (unpaired) electrons. The van der Waals surface area contributed by atoms with Crippen LogP contribution in [0.1, 0.15) is 49.0 Å². The van der Waals surface area contributed by atoms with E-state index in [1.807, 2.05) is 26.0 Å². The molecule has 1 aromatic carbocycles. The Hall–Kier alpha value is -1.88. The molecule has 0 aliphatic carbocycles. The number of rotatable bonds is 6. The minimum absolute atomic E-state index is 0.1000. The Bertz CT molecular complexity index is 582. The van der Waals surface area contributed by atoms with E-state index in [9.17, 15) is 14.7 Å². The van der Waals surface area contributed by atoms with E-state index in [-0.39, 0.29) is 24.3 Å². The molecule has 1 aliphatic rings. The molecule has 2 N–H and O–H groups in total. The first kappa shape index (κ1) is 17.5. The molecule has 5 heteroatoms. The third kappa shape index (κ3) is 3.91. The maximum atomic E-state index is 12.3. The molecule has 1 unspecified atom stereocenters. The third-order valence-electron chi connectivity index (χ3n) is 4.75. The maximum absolute atomic E-state index is 12.3. The minimum atomic E-state index is -0.518. The standard InChI is InChI=1S/C18H26N2O3/c1-4-12(5-2)16(21)11-19-18(23)14-6-8-15-13(10-14)7-9-17(22)20(15)3/h6,8,10,12,16,21H,4-5,7,9,11H2,1-3H3,(H,19,23). The molecule has 1 aromatic rings. The number of anilines is 1. The van der Waals surface area contributed by atoms with Gasteiger partial charge in [-0.1, -0.05) is 26.7 Å². The molecular weight excluding hydrogens is 292 g/mol. The molecule has 0 aromatic heterocycles. The van der Waals surface area contributed by atoms with Gasteiger partial charge in [-0.25, -0.2) is 0 Å². The van der Waals surface area contributed by atoms with Crippen molar-refractivity contribution in [1.29, 1.82) is 0 Å². The van der Waals surface area contributed by atoms with Crippen molar-refractivity contribution in [3.8, 4) is 0 Å². The summed E-state index contributed by atoms with van der Waals surface area (Å²) in [6.45, 7) is 4.35. The van der Waals surface area contributed by atoms with Crippen LogP contribution in [0.2, 0.25) is 0 Å². The molecule has 2 rings (SSSR count). The lowest BCUT2D eigenvalue weighted by atomic mass is 9.96. The first-order chi connectivity index (χ1) is 11.0. The first-order valence-corrected chi connectivity index (χ1v) is 8.33. The van der Waals surface area contributed by atoms with Gasteiger partial charge in [0, 0.05) is 31.3 Å².